The minimum Gasteiger partial charge on any atom is -0.496 e. The van der Waals surface area contributed by atoms with Crippen LogP contribution in [0.3, 0.4) is 0 Å². The first kappa shape index (κ1) is 31.6. The fourth-order valence-corrected chi connectivity index (χ4v) is 5.97. The smallest absolute Gasteiger partial charge is 0.272 e. The number of amides is 2. The van der Waals surface area contributed by atoms with Gasteiger partial charge in [0.25, 0.3) is 5.91 Å². The molecule has 0 saturated heterocycles. The van der Waals surface area contributed by atoms with Gasteiger partial charge in [-0.05, 0) is 50.1 Å². The number of nitrogen functional groups attached to an aromatic ring is 1. The van der Waals surface area contributed by atoms with E-state index in [1.165, 1.54) is 0 Å². The summed E-state index contributed by atoms with van der Waals surface area (Å²) in [4.78, 5) is 30.4. The van der Waals surface area contributed by atoms with Crippen molar-refractivity contribution in [2.75, 3.05) is 38.5 Å². The van der Waals surface area contributed by atoms with E-state index >= 15 is 0 Å². The molecule has 2 amide bonds. The van der Waals surface area contributed by atoms with Crippen molar-refractivity contribution in [3.8, 4) is 22.8 Å². The van der Waals surface area contributed by atoms with Crippen LogP contribution in [-0.4, -0.2) is 64.6 Å². The molecule has 0 saturated carbocycles. The largest absolute Gasteiger partial charge is 0.496 e. The Morgan fingerprint density at radius 1 is 1.13 bits per heavy atom. The summed E-state index contributed by atoms with van der Waals surface area (Å²) in [5.74, 6) is 1.18. The number of benzene rings is 2. The number of nitrogens with two attached hydrogens (primary N) is 1. The Balaban J connectivity index is 1.37. The molecule has 6 rings (SSSR count). The molecule has 244 valence electrons. The third-order valence-corrected chi connectivity index (χ3v) is 8.43. The topological polar surface area (TPSA) is 148 Å². The van der Waals surface area contributed by atoms with E-state index in [1.807, 2.05) is 71.8 Å². The summed E-state index contributed by atoms with van der Waals surface area (Å²) in [6.45, 7) is 3.41. The van der Waals surface area contributed by atoms with Gasteiger partial charge in [0, 0.05) is 48.8 Å². The fraction of sp³-hybridized carbons (Fsp3) is 0.314. The van der Waals surface area contributed by atoms with Crippen molar-refractivity contribution in [3.63, 3.8) is 0 Å². The number of hydrogen-bond donors (Lipinski definition) is 3. The van der Waals surface area contributed by atoms with Gasteiger partial charge in [-0.25, -0.2) is 4.98 Å². The fourth-order valence-electron chi connectivity index (χ4n) is 5.97. The van der Waals surface area contributed by atoms with Crippen molar-refractivity contribution < 1.29 is 23.8 Å². The standard InChI is InChI=1S/C35H39N7O5/c1-21-13-15-42-33-23(8-5-6-16-47-17-14-30(43)38-21)20-37-34(36)31(33)32(40-42)22-11-12-25(29(18-22)46-4)39-35(44)27-19-24-26(41(27)2)9-7-10-28(24)45-3/h5,7-12,18-21H,6,13-17H2,1-4H3,(H2,36,37)(H,38,43)(H,39,44)/b8-5+/t21-/m1/s1. The number of methoxy groups -OCH3 is 2. The second-order valence-electron chi connectivity index (χ2n) is 11.6. The summed E-state index contributed by atoms with van der Waals surface area (Å²) < 4.78 is 20.7. The van der Waals surface area contributed by atoms with Gasteiger partial charge in [-0.2, -0.15) is 5.10 Å². The summed E-state index contributed by atoms with van der Waals surface area (Å²) in [6.07, 6.45) is 7.44. The number of carbonyl (C=O) groups excluding carboxylic acids is 2. The minimum atomic E-state index is -0.289. The second-order valence-corrected chi connectivity index (χ2v) is 11.6. The molecule has 0 spiro atoms. The van der Waals surface area contributed by atoms with Gasteiger partial charge in [0.2, 0.25) is 5.91 Å². The summed E-state index contributed by atoms with van der Waals surface area (Å²) >= 11 is 0. The van der Waals surface area contributed by atoms with Crippen LogP contribution in [0.25, 0.3) is 39.1 Å². The molecule has 1 aliphatic rings. The maximum absolute atomic E-state index is 13.5. The van der Waals surface area contributed by atoms with Crippen molar-refractivity contribution in [1.29, 1.82) is 0 Å². The predicted molar refractivity (Wildman–Crippen MR) is 183 cm³/mol. The lowest BCUT2D eigenvalue weighted by Gasteiger charge is -2.14. The van der Waals surface area contributed by atoms with E-state index in [-0.39, 0.29) is 17.9 Å². The molecular weight excluding hydrogens is 598 g/mol. The first-order valence-corrected chi connectivity index (χ1v) is 15.6. The molecular formula is C35H39N7O5. The molecule has 4 heterocycles. The van der Waals surface area contributed by atoms with Gasteiger partial charge < -0.3 is 35.1 Å². The normalized spacial score (nSPS) is 16.7. The summed E-state index contributed by atoms with van der Waals surface area (Å²) in [6, 6.07) is 13.0. The Bertz CT molecular complexity index is 1990. The Labute approximate surface area is 272 Å². The molecule has 0 unspecified atom stereocenters. The molecule has 0 aliphatic carbocycles. The van der Waals surface area contributed by atoms with E-state index in [0.29, 0.717) is 78.8 Å². The lowest BCUT2D eigenvalue weighted by molar-refractivity contribution is -0.122. The molecule has 0 radical (unpaired) electrons. The number of nitrogens with one attached hydrogen (secondary N) is 2. The van der Waals surface area contributed by atoms with Crippen molar-refractivity contribution in [3.05, 3.63) is 66.0 Å². The number of nitrogens with zero attached hydrogens (tertiary/aromatic N) is 4. The maximum Gasteiger partial charge on any atom is 0.272 e. The van der Waals surface area contributed by atoms with Gasteiger partial charge in [0.15, 0.2) is 0 Å². The zero-order chi connectivity index (χ0) is 33.1. The van der Waals surface area contributed by atoms with Crippen molar-refractivity contribution in [2.24, 2.45) is 7.05 Å². The Hall–Kier alpha value is -5.36. The van der Waals surface area contributed by atoms with Gasteiger partial charge in [0.1, 0.15) is 28.7 Å². The quantitative estimate of drug-likeness (QED) is 0.240. The highest BCUT2D eigenvalue weighted by Gasteiger charge is 2.22. The highest BCUT2D eigenvalue weighted by molar-refractivity contribution is 6.08. The minimum absolute atomic E-state index is 0.0394. The summed E-state index contributed by atoms with van der Waals surface area (Å²) in [5.41, 5.74) is 11.5. The van der Waals surface area contributed by atoms with Crippen LogP contribution in [0, 0.1) is 0 Å². The number of aromatic nitrogens is 4. The van der Waals surface area contributed by atoms with Gasteiger partial charge in [-0.1, -0.05) is 24.3 Å². The van der Waals surface area contributed by atoms with Crippen LogP contribution in [0.15, 0.2) is 54.7 Å². The number of carbonyl (C=O) groups is 2. The number of ether oxygens (including phenoxy) is 3. The lowest BCUT2D eigenvalue weighted by Crippen LogP contribution is -2.34. The monoisotopic (exact) mass is 637 g/mol. The number of aryl methyl sites for hydroxylation is 2. The molecule has 12 nitrogen and oxygen atoms in total. The van der Waals surface area contributed by atoms with Crippen LogP contribution in [0.1, 0.15) is 42.2 Å². The Kier molecular flexibility index (Phi) is 9.12. The van der Waals surface area contributed by atoms with Gasteiger partial charge in [-0.15, -0.1) is 0 Å². The molecule has 5 aromatic rings. The lowest BCUT2D eigenvalue weighted by atomic mass is 10.0. The highest BCUT2D eigenvalue weighted by Crippen LogP contribution is 2.38. The van der Waals surface area contributed by atoms with Crippen LogP contribution in [0.2, 0.25) is 0 Å². The van der Waals surface area contributed by atoms with Crippen LogP contribution in [-0.2, 0) is 23.1 Å². The summed E-state index contributed by atoms with van der Waals surface area (Å²) in [7, 11) is 5.01. The first-order chi connectivity index (χ1) is 22.8. The molecule has 0 bridgehead atoms. The van der Waals surface area contributed by atoms with E-state index in [2.05, 4.69) is 15.6 Å². The molecule has 0 fully saturated rings. The Morgan fingerprint density at radius 2 is 1.96 bits per heavy atom. The molecule has 4 N–H and O–H groups in total. The number of hydrogen-bond acceptors (Lipinski definition) is 8. The number of pyridine rings is 1. The average Bonchev–Trinajstić information content (AvgIpc) is 3.63. The average molecular weight is 638 g/mol. The summed E-state index contributed by atoms with van der Waals surface area (Å²) in [5, 5.41) is 12.6. The van der Waals surface area contributed by atoms with Gasteiger partial charge in [0.05, 0.1) is 49.5 Å². The maximum atomic E-state index is 13.5. The van der Waals surface area contributed by atoms with Crippen LogP contribution in [0.5, 0.6) is 11.5 Å². The van der Waals surface area contributed by atoms with E-state index < -0.39 is 0 Å². The SMILES string of the molecule is COc1cc(-c2nn3c4c(cnc(N)c24)/C=C/CCOCCC(=O)N[C@H](C)CC3)ccc1NC(=O)c1cc2c(OC)cccc2n1C. The van der Waals surface area contributed by atoms with Crippen molar-refractivity contribution in [2.45, 2.75) is 38.8 Å². The molecule has 12 heteroatoms. The zero-order valence-corrected chi connectivity index (χ0v) is 27.0. The Morgan fingerprint density at radius 3 is 2.77 bits per heavy atom. The molecule has 3 aromatic heterocycles. The first-order valence-electron chi connectivity index (χ1n) is 15.6. The van der Waals surface area contributed by atoms with E-state index in [1.54, 1.807) is 26.5 Å². The molecule has 2 aromatic carbocycles. The van der Waals surface area contributed by atoms with Crippen molar-refractivity contribution >= 4 is 51.2 Å². The zero-order valence-electron chi connectivity index (χ0n) is 27.0. The second kappa shape index (κ2) is 13.6. The van der Waals surface area contributed by atoms with Gasteiger partial charge >= 0.3 is 0 Å². The number of rotatable bonds is 5. The van der Waals surface area contributed by atoms with Crippen LogP contribution < -0.4 is 25.8 Å². The van der Waals surface area contributed by atoms with Gasteiger partial charge in [-0.3, -0.25) is 14.3 Å². The predicted octanol–water partition coefficient (Wildman–Crippen LogP) is 5.16. The van der Waals surface area contributed by atoms with Crippen LogP contribution >= 0.6 is 0 Å². The molecule has 47 heavy (non-hydrogen) atoms. The van der Waals surface area contributed by atoms with Crippen LogP contribution in [0.4, 0.5) is 11.5 Å². The van der Waals surface area contributed by atoms with E-state index in [9.17, 15) is 9.59 Å². The number of fused-ring (bicyclic) bond motifs is 1. The number of anilines is 2. The molecule has 1 aliphatic heterocycles. The van der Waals surface area contributed by atoms with E-state index in [0.717, 1.165) is 27.5 Å². The molecule has 1 atom stereocenters. The van der Waals surface area contributed by atoms with E-state index in [4.69, 9.17) is 25.0 Å². The van der Waals surface area contributed by atoms with Crippen molar-refractivity contribution in [1.82, 2.24) is 24.6 Å². The third-order valence-electron chi connectivity index (χ3n) is 8.43. The highest BCUT2D eigenvalue weighted by atomic mass is 16.5. The third kappa shape index (κ3) is 6.36.